The smallest absolute Gasteiger partial charge is 0.164 e. The highest BCUT2D eigenvalue weighted by Gasteiger charge is 2.22. The number of aromatic nitrogens is 3. The molecule has 0 atom stereocenters. The van der Waals surface area contributed by atoms with Gasteiger partial charge in [-0.15, -0.1) is 0 Å². The molecule has 4 heteroatoms. The summed E-state index contributed by atoms with van der Waals surface area (Å²) in [5, 5.41) is 4.36. The Hall–Kier alpha value is -6.65. The van der Waals surface area contributed by atoms with E-state index in [4.69, 9.17) is 19.4 Å². The van der Waals surface area contributed by atoms with Gasteiger partial charge in [-0.1, -0.05) is 140 Å². The van der Waals surface area contributed by atoms with E-state index >= 15 is 0 Å². The van der Waals surface area contributed by atoms with Gasteiger partial charge in [0.15, 0.2) is 17.5 Å². The molecule has 0 amide bonds. The summed E-state index contributed by atoms with van der Waals surface area (Å²) >= 11 is 0. The molecule has 0 unspecified atom stereocenters. The van der Waals surface area contributed by atoms with Crippen LogP contribution in [0.3, 0.4) is 0 Å². The Bertz CT molecular complexity index is 2800. The predicted molar refractivity (Wildman–Crippen MR) is 209 cm³/mol. The van der Waals surface area contributed by atoms with E-state index in [1.807, 2.05) is 36.4 Å². The fourth-order valence-corrected chi connectivity index (χ4v) is 7.45. The van der Waals surface area contributed by atoms with Gasteiger partial charge in [0.05, 0.1) is 0 Å². The number of hydrogen-bond acceptors (Lipinski definition) is 4. The van der Waals surface area contributed by atoms with Crippen LogP contribution in [0.1, 0.15) is 23.1 Å². The molecule has 2 heterocycles. The first-order valence-corrected chi connectivity index (χ1v) is 17.4. The largest absolute Gasteiger partial charge is 0.455 e. The van der Waals surface area contributed by atoms with Crippen LogP contribution in [0.5, 0.6) is 0 Å². The summed E-state index contributed by atoms with van der Waals surface area (Å²) in [6, 6.07) is 55.0. The Morgan fingerprint density at radius 2 is 1.10 bits per heavy atom. The van der Waals surface area contributed by atoms with Gasteiger partial charge >= 0.3 is 0 Å². The van der Waals surface area contributed by atoms with E-state index in [1.54, 1.807) is 0 Å². The Kier molecular flexibility index (Phi) is 6.91. The average Bonchev–Trinajstić information content (AvgIpc) is 3.60. The summed E-state index contributed by atoms with van der Waals surface area (Å²) < 4.78 is 6.70. The molecule has 0 radical (unpaired) electrons. The first-order chi connectivity index (χ1) is 25.2. The zero-order valence-electron chi connectivity index (χ0n) is 27.8. The average molecular weight is 654 g/mol. The zero-order chi connectivity index (χ0) is 33.7. The second-order valence-electron chi connectivity index (χ2n) is 13.1. The number of benzene rings is 7. The summed E-state index contributed by atoms with van der Waals surface area (Å²) in [6.45, 7) is 0. The van der Waals surface area contributed by atoms with E-state index in [1.165, 1.54) is 27.8 Å². The number of furan rings is 1. The molecule has 9 aromatic rings. The number of hydrogen-bond donors (Lipinski definition) is 0. The molecule has 51 heavy (non-hydrogen) atoms. The number of nitrogens with zero attached hydrogens (tertiary/aromatic N) is 3. The van der Waals surface area contributed by atoms with Crippen LogP contribution >= 0.6 is 0 Å². The summed E-state index contributed by atoms with van der Waals surface area (Å²) in [6.07, 6.45) is 4.27. The molecule has 1 aliphatic rings. The molecule has 1 aliphatic carbocycles. The van der Waals surface area contributed by atoms with Gasteiger partial charge in [-0.3, -0.25) is 0 Å². The lowest BCUT2D eigenvalue weighted by molar-refractivity contribution is 0.667. The van der Waals surface area contributed by atoms with Gasteiger partial charge < -0.3 is 4.42 Å². The Morgan fingerprint density at radius 1 is 0.451 bits per heavy atom. The van der Waals surface area contributed by atoms with Crippen molar-refractivity contribution in [3.8, 4) is 45.3 Å². The van der Waals surface area contributed by atoms with Crippen molar-refractivity contribution in [2.45, 2.75) is 12.8 Å². The molecule has 0 fully saturated rings. The molecule has 0 aliphatic heterocycles. The van der Waals surface area contributed by atoms with Gasteiger partial charge in [0, 0.05) is 33.0 Å². The number of fused-ring (bicyclic) bond motifs is 5. The Morgan fingerprint density at radius 3 is 1.94 bits per heavy atom. The highest BCUT2D eigenvalue weighted by molar-refractivity contribution is 6.15. The van der Waals surface area contributed by atoms with Crippen LogP contribution < -0.4 is 0 Å². The monoisotopic (exact) mass is 653 g/mol. The molecule has 2 aromatic heterocycles. The van der Waals surface area contributed by atoms with E-state index < -0.39 is 0 Å². The van der Waals surface area contributed by atoms with Gasteiger partial charge in [-0.05, 0) is 75.7 Å². The maximum atomic E-state index is 6.70. The number of allylic oxidation sites excluding steroid dienone is 1. The molecule has 10 rings (SSSR count). The van der Waals surface area contributed by atoms with Crippen molar-refractivity contribution in [1.29, 1.82) is 0 Å². The van der Waals surface area contributed by atoms with E-state index in [0.717, 1.165) is 67.8 Å². The molecule has 240 valence electrons. The lowest BCUT2D eigenvalue weighted by Gasteiger charge is -2.17. The van der Waals surface area contributed by atoms with Crippen LogP contribution in [0.4, 0.5) is 0 Å². The molecule has 0 saturated carbocycles. The molecule has 0 N–H and O–H groups in total. The van der Waals surface area contributed by atoms with Gasteiger partial charge in [0.2, 0.25) is 0 Å². The van der Waals surface area contributed by atoms with Crippen molar-refractivity contribution >= 4 is 44.4 Å². The van der Waals surface area contributed by atoms with E-state index in [9.17, 15) is 0 Å². The van der Waals surface area contributed by atoms with Crippen molar-refractivity contribution in [2.24, 2.45) is 0 Å². The lowest BCUT2D eigenvalue weighted by atomic mass is 9.87. The van der Waals surface area contributed by atoms with Gasteiger partial charge in [-0.25, -0.2) is 15.0 Å². The third-order valence-electron chi connectivity index (χ3n) is 10.0. The summed E-state index contributed by atoms with van der Waals surface area (Å²) in [5.74, 6) is 1.87. The number of rotatable bonds is 5. The highest BCUT2D eigenvalue weighted by atomic mass is 16.3. The molecule has 7 aromatic carbocycles. The normalized spacial score (nSPS) is 12.7. The minimum atomic E-state index is 0.614. The lowest BCUT2D eigenvalue weighted by Crippen LogP contribution is -2.01. The van der Waals surface area contributed by atoms with Crippen molar-refractivity contribution < 1.29 is 4.42 Å². The quantitative estimate of drug-likeness (QED) is 0.185. The van der Waals surface area contributed by atoms with Crippen LogP contribution in [0.25, 0.3) is 89.7 Å². The molecular formula is C47H31N3O. The van der Waals surface area contributed by atoms with Crippen LogP contribution in [0.15, 0.2) is 162 Å². The molecule has 0 bridgehead atoms. The van der Waals surface area contributed by atoms with Crippen molar-refractivity contribution in [1.82, 2.24) is 15.0 Å². The first-order valence-electron chi connectivity index (χ1n) is 17.4. The van der Waals surface area contributed by atoms with Crippen LogP contribution in [-0.4, -0.2) is 15.0 Å². The fourth-order valence-electron chi connectivity index (χ4n) is 7.45. The molecule has 4 nitrogen and oxygen atoms in total. The standard InChI is InChI=1S/C47H31N3O/c1-3-11-30(12-4-1)35-22-19-32-21-24-37(29-38(32)28-35)46-48-45(33-14-5-2-6-15-33)49-47(50-46)41-26-25-39(36-23-20-31-13-7-8-16-34(31)27-36)44-43(41)40-17-9-10-18-42(40)51-44/h1-19,21-22,24-29H,20,23H2. The summed E-state index contributed by atoms with van der Waals surface area (Å²) in [7, 11) is 0. The minimum Gasteiger partial charge on any atom is -0.455 e. The van der Waals surface area contributed by atoms with Gasteiger partial charge in [0.25, 0.3) is 0 Å². The minimum absolute atomic E-state index is 0.614. The zero-order valence-corrected chi connectivity index (χ0v) is 27.8. The second kappa shape index (κ2) is 12.0. The van der Waals surface area contributed by atoms with Gasteiger partial charge in [-0.2, -0.15) is 0 Å². The third-order valence-corrected chi connectivity index (χ3v) is 10.0. The fraction of sp³-hybridized carbons (Fsp3) is 0.0426. The maximum Gasteiger partial charge on any atom is 0.164 e. The van der Waals surface area contributed by atoms with Crippen molar-refractivity contribution in [2.75, 3.05) is 0 Å². The number of para-hydroxylation sites is 1. The molecule has 0 spiro atoms. The van der Waals surface area contributed by atoms with Gasteiger partial charge in [0.1, 0.15) is 11.2 Å². The second-order valence-corrected chi connectivity index (χ2v) is 13.1. The Labute approximate surface area is 295 Å². The first kappa shape index (κ1) is 29.3. The SMILES string of the molecule is C1=C(c2ccc(-c3nc(-c4ccccc4)nc(-c4ccc5ccc(-c6ccccc6)cc5c4)n3)c3c2oc2ccccc23)CCc2ccccc21. The topological polar surface area (TPSA) is 51.8 Å². The van der Waals surface area contributed by atoms with Crippen molar-refractivity contribution in [3.05, 3.63) is 174 Å². The summed E-state index contributed by atoms with van der Waals surface area (Å²) in [5.41, 5.74) is 11.9. The predicted octanol–water partition coefficient (Wildman–Crippen LogP) is 12.1. The Balaban J connectivity index is 1.18. The van der Waals surface area contributed by atoms with Crippen LogP contribution in [-0.2, 0) is 6.42 Å². The molecular weight excluding hydrogens is 623 g/mol. The maximum absolute atomic E-state index is 6.70. The third kappa shape index (κ3) is 5.20. The molecule has 0 saturated heterocycles. The van der Waals surface area contributed by atoms with E-state index in [2.05, 4.69) is 127 Å². The van der Waals surface area contributed by atoms with E-state index in [0.29, 0.717) is 17.5 Å². The van der Waals surface area contributed by atoms with Crippen LogP contribution in [0.2, 0.25) is 0 Å². The summed E-state index contributed by atoms with van der Waals surface area (Å²) in [4.78, 5) is 15.4. The highest BCUT2D eigenvalue weighted by Crippen LogP contribution is 2.42. The van der Waals surface area contributed by atoms with Crippen LogP contribution in [0, 0.1) is 0 Å². The number of aryl methyl sites for hydroxylation is 1. The van der Waals surface area contributed by atoms with E-state index in [-0.39, 0.29) is 0 Å². The van der Waals surface area contributed by atoms with Crippen molar-refractivity contribution in [3.63, 3.8) is 0 Å².